The summed E-state index contributed by atoms with van der Waals surface area (Å²) in [5.41, 5.74) is 1.55. The summed E-state index contributed by atoms with van der Waals surface area (Å²) < 4.78 is 21.5. The topological polar surface area (TPSA) is 58.5 Å². The summed E-state index contributed by atoms with van der Waals surface area (Å²) in [7, 11) is -3.12. The highest BCUT2D eigenvalue weighted by atomic mass is 32.2. The van der Waals surface area contributed by atoms with Gasteiger partial charge in [0.25, 0.3) is 0 Å². The van der Waals surface area contributed by atoms with Crippen molar-refractivity contribution in [3.63, 3.8) is 0 Å². The Bertz CT molecular complexity index is 290. The van der Waals surface area contributed by atoms with Crippen LogP contribution in [0.4, 0.5) is 0 Å². The minimum absolute atomic E-state index is 0.520. The van der Waals surface area contributed by atoms with Crippen LogP contribution in [-0.4, -0.2) is 27.1 Å². The number of hydrogen-bond donors (Lipinski definition) is 1. The van der Waals surface area contributed by atoms with Crippen molar-refractivity contribution in [1.82, 2.24) is 5.32 Å². The maximum atomic E-state index is 10.8. The highest BCUT2D eigenvalue weighted by Gasteiger charge is 2.11. The molecule has 0 fully saturated rings. The quantitative estimate of drug-likeness (QED) is 0.649. The first-order chi connectivity index (χ1) is 5.14. The van der Waals surface area contributed by atoms with Gasteiger partial charge >= 0.3 is 0 Å². The van der Waals surface area contributed by atoms with Gasteiger partial charge in [0.15, 0.2) is 0 Å². The van der Waals surface area contributed by atoms with E-state index >= 15 is 0 Å². The smallest absolute Gasteiger partial charge is 0.211 e. The fourth-order valence-electron chi connectivity index (χ4n) is 0.732. The van der Waals surface area contributed by atoms with E-state index in [0.29, 0.717) is 12.2 Å². The van der Waals surface area contributed by atoms with Crippen LogP contribution in [0.2, 0.25) is 0 Å². The highest BCUT2D eigenvalue weighted by molar-refractivity contribution is 8.07. The molecule has 1 N–H and O–H groups in total. The Morgan fingerprint density at radius 2 is 2.36 bits per heavy atom. The number of likely N-dealkylation sites (N-methyl/N-ethyl adjacent to an activating group) is 1. The Kier molecular flexibility index (Phi) is 2.41. The second-order valence-corrected chi connectivity index (χ2v) is 3.84. The maximum Gasteiger partial charge on any atom is 0.211 e. The molecule has 0 amide bonds. The second-order valence-electron chi connectivity index (χ2n) is 2.21. The Balaban J connectivity index is 2.59. The normalized spacial score (nSPS) is 20.3. The van der Waals surface area contributed by atoms with Crippen LogP contribution in [0.25, 0.3) is 0 Å². The molecule has 0 saturated heterocycles. The van der Waals surface area contributed by atoms with E-state index in [2.05, 4.69) is 10.3 Å². The molecular weight excluding hydrogens is 164 g/mol. The molecule has 1 aliphatic rings. The van der Waals surface area contributed by atoms with Gasteiger partial charge in [0, 0.05) is 6.54 Å². The molecule has 62 valence electrons. The lowest BCUT2D eigenvalue weighted by Gasteiger charge is -1.96. The van der Waals surface area contributed by atoms with Crippen LogP contribution in [0.3, 0.4) is 0 Å². The van der Waals surface area contributed by atoms with E-state index in [0.717, 1.165) is 12.1 Å². The predicted octanol–water partition coefficient (Wildman–Crippen LogP) is -0.106. The van der Waals surface area contributed by atoms with Gasteiger partial charge in [0.2, 0.25) is 9.84 Å². The van der Waals surface area contributed by atoms with Gasteiger partial charge in [-0.3, -0.25) is 0 Å². The lowest BCUT2D eigenvalue weighted by molar-refractivity contribution is 0.616. The van der Waals surface area contributed by atoms with Gasteiger partial charge < -0.3 is 5.32 Å². The number of rotatable bonds is 3. The van der Waals surface area contributed by atoms with Crippen LogP contribution < -0.4 is 5.32 Å². The number of aliphatic imine (C=N–C) groups is 1. The number of nitrogens with zero attached hydrogens (tertiary/aromatic N) is 1. The van der Waals surface area contributed by atoms with Crippen molar-refractivity contribution in [3.05, 3.63) is 11.1 Å². The SMILES string of the molecule is CCNCC1=CS(=O)(=O)C=N1. The average molecular weight is 174 g/mol. The highest BCUT2D eigenvalue weighted by Crippen LogP contribution is 2.06. The zero-order valence-electron chi connectivity index (χ0n) is 6.24. The largest absolute Gasteiger partial charge is 0.311 e. The zero-order chi connectivity index (χ0) is 8.32. The van der Waals surface area contributed by atoms with Crippen LogP contribution in [0.1, 0.15) is 6.92 Å². The van der Waals surface area contributed by atoms with Crippen LogP contribution in [0.15, 0.2) is 16.1 Å². The lowest BCUT2D eigenvalue weighted by Crippen LogP contribution is -2.14. The first kappa shape index (κ1) is 8.42. The number of hydrogen-bond acceptors (Lipinski definition) is 4. The van der Waals surface area contributed by atoms with Gasteiger partial charge in [0.05, 0.1) is 11.1 Å². The van der Waals surface area contributed by atoms with Gasteiger partial charge in [-0.05, 0) is 6.54 Å². The van der Waals surface area contributed by atoms with E-state index in [-0.39, 0.29) is 0 Å². The molecule has 0 bridgehead atoms. The van der Waals surface area contributed by atoms with Crippen molar-refractivity contribution in [2.75, 3.05) is 13.1 Å². The summed E-state index contributed by atoms with van der Waals surface area (Å²) in [6.45, 7) is 3.28. The van der Waals surface area contributed by atoms with Crippen LogP contribution >= 0.6 is 0 Å². The molecule has 1 aliphatic heterocycles. The molecule has 0 aromatic rings. The van der Waals surface area contributed by atoms with Gasteiger partial charge in [0.1, 0.15) is 5.55 Å². The summed E-state index contributed by atoms with van der Waals surface area (Å²) in [5, 5.41) is 4.16. The molecule has 11 heavy (non-hydrogen) atoms. The van der Waals surface area contributed by atoms with Gasteiger partial charge in [-0.1, -0.05) is 6.92 Å². The van der Waals surface area contributed by atoms with Crippen LogP contribution in [0.5, 0.6) is 0 Å². The van der Waals surface area contributed by atoms with Crippen molar-refractivity contribution in [2.24, 2.45) is 4.99 Å². The van der Waals surface area contributed by atoms with Crippen molar-refractivity contribution >= 4 is 15.4 Å². The van der Waals surface area contributed by atoms with Gasteiger partial charge in [-0.2, -0.15) is 0 Å². The van der Waals surface area contributed by atoms with Gasteiger partial charge in [-0.25, -0.2) is 13.4 Å². The van der Waals surface area contributed by atoms with Crippen molar-refractivity contribution in [2.45, 2.75) is 6.92 Å². The third-order valence-electron chi connectivity index (χ3n) is 1.22. The second kappa shape index (κ2) is 3.15. The van der Waals surface area contributed by atoms with E-state index < -0.39 is 9.84 Å². The van der Waals surface area contributed by atoms with E-state index in [9.17, 15) is 8.42 Å². The molecule has 1 rings (SSSR count). The van der Waals surface area contributed by atoms with E-state index in [1.807, 2.05) is 6.92 Å². The Morgan fingerprint density at radius 1 is 1.64 bits per heavy atom. The third kappa shape index (κ3) is 2.44. The standard InChI is InChI=1S/C6H10N2O2S/c1-2-7-3-6-4-11(9,10)5-8-6/h4-5,7H,2-3H2,1H3. The molecule has 5 heteroatoms. The summed E-state index contributed by atoms with van der Waals surface area (Å²) in [6.07, 6.45) is 0. The van der Waals surface area contributed by atoms with E-state index in [1.165, 1.54) is 5.41 Å². The average Bonchev–Trinajstić information content (AvgIpc) is 2.26. The Morgan fingerprint density at radius 3 is 2.82 bits per heavy atom. The molecule has 4 nitrogen and oxygen atoms in total. The Hall–Kier alpha value is -0.680. The molecule has 0 atom stereocenters. The first-order valence-electron chi connectivity index (χ1n) is 3.34. The van der Waals surface area contributed by atoms with E-state index in [1.54, 1.807) is 0 Å². The summed E-state index contributed by atoms with van der Waals surface area (Å²) >= 11 is 0. The van der Waals surface area contributed by atoms with E-state index in [4.69, 9.17) is 0 Å². The molecule has 0 unspecified atom stereocenters. The monoisotopic (exact) mass is 174 g/mol. The Labute approximate surface area is 65.9 Å². The summed E-state index contributed by atoms with van der Waals surface area (Å²) in [6, 6.07) is 0. The molecule has 0 aromatic heterocycles. The number of nitrogens with one attached hydrogen (secondary N) is 1. The summed E-state index contributed by atoms with van der Waals surface area (Å²) in [4.78, 5) is 3.71. The minimum Gasteiger partial charge on any atom is -0.311 e. The first-order valence-corrected chi connectivity index (χ1v) is 4.95. The molecule has 0 spiro atoms. The molecule has 0 saturated carbocycles. The van der Waals surface area contributed by atoms with Crippen molar-refractivity contribution in [3.8, 4) is 0 Å². The molecule has 1 heterocycles. The van der Waals surface area contributed by atoms with Gasteiger partial charge in [-0.15, -0.1) is 0 Å². The zero-order valence-corrected chi connectivity index (χ0v) is 7.06. The van der Waals surface area contributed by atoms with Crippen LogP contribution in [0, 0.1) is 0 Å². The lowest BCUT2D eigenvalue weighted by atomic mass is 10.5. The molecule has 0 radical (unpaired) electrons. The fraction of sp³-hybridized carbons (Fsp3) is 0.500. The van der Waals surface area contributed by atoms with Crippen molar-refractivity contribution in [1.29, 1.82) is 0 Å². The fourth-order valence-corrected chi connectivity index (χ4v) is 1.60. The minimum atomic E-state index is -3.12. The predicted molar refractivity (Wildman–Crippen MR) is 44.0 cm³/mol. The molecule has 0 aliphatic carbocycles. The number of sulfone groups is 1. The maximum absolute atomic E-state index is 10.8. The van der Waals surface area contributed by atoms with Crippen LogP contribution in [-0.2, 0) is 9.84 Å². The summed E-state index contributed by atoms with van der Waals surface area (Å²) in [5.74, 6) is 0. The molecule has 0 aromatic carbocycles. The van der Waals surface area contributed by atoms with Crippen molar-refractivity contribution < 1.29 is 8.42 Å². The third-order valence-corrected chi connectivity index (χ3v) is 2.22. The molecular formula is C6H10N2O2S.